The van der Waals surface area contributed by atoms with Crippen LogP contribution in [-0.4, -0.2) is 24.8 Å². The second kappa shape index (κ2) is 4.80. The van der Waals surface area contributed by atoms with Gasteiger partial charge in [0.25, 0.3) is 0 Å². The van der Waals surface area contributed by atoms with Gasteiger partial charge in [0.05, 0.1) is 7.11 Å². The summed E-state index contributed by atoms with van der Waals surface area (Å²) in [6.45, 7) is 3.28. The molecule has 1 heterocycles. The van der Waals surface area contributed by atoms with Gasteiger partial charge < -0.3 is 15.2 Å². The molecule has 2 N–H and O–H groups in total. The molecule has 3 rings (SSSR count). The molecule has 104 valence electrons. The molecule has 0 spiro atoms. The highest BCUT2D eigenvalue weighted by atomic mass is 16.5. The first-order valence-electron chi connectivity index (χ1n) is 7.26. The maximum absolute atomic E-state index is 11.2. The van der Waals surface area contributed by atoms with E-state index in [9.17, 15) is 5.11 Å². The van der Waals surface area contributed by atoms with Crippen molar-refractivity contribution in [3.8, 4) is 5.75 Å². The number of fused-ring (bicyclic) bond motifs is 1. The number of aliphatic hydroxyl groups is 1. The highest BCUT2D eigenvalue weighted by Gasteiger charge is 2.44. The molecule has 19 heavy (non-hydrogen) atoms. The summed E-state index contributed by atoms with van der Waals surface area (Å²) < 4.78 is 5.31. The van der Waals surface area contributed by atoms with Crippen LogP contribution in [0.15, 0.2) is 18.2 Å². The number of aryl methyl sites for hydroxylation is 1. The number of piperidine rings is 1. The van der Waals surface area contributed by atoms with Crippen molar-refractivity contribution in [2.45, 2.75) is 44.2 Å². The Labute approximate surface area is 115 Å². The quantitative estimate of drug-likeness (QED) is 0.857. The van der Waals surface area contributed by atoms with E-state index in [1.54, 1.807) is 7.11 Å². The van der Waals surface area contributed by atoms with E-state index in [2.05, 4.69) is 18.3 Å². The van der Waals surface area contributed by atoms with Gasteiger partial charge in [-0.05, 0) is 61.4 Å². The van der Waals surface area contributed by atoms with Gasteiger partial charge in [0.1, 0.15) is 11.4 Å². The topological polar surface area (TPSA) is 41.5 Å². The minimum absolute atomic E-state index is 0.171. The summed E-state index contributed by atoms with van der Waals surface area (Å²) in [6, 6.07) is 6.27. The summed E-state index contributed by atoms with van der Waals surface area (Å²) in [5.74, 6) is 1.52. The van der Waals surface area contributed by atoms with E-state index >= 15 is 0 Å². The Morgan fingerprint density at radius 3 is 3.00 bits per heavy atom. The number of hydrogen-bond acceptors (Lipinski definition) is 3. The van der Waals surface area contributed by atoms with Crippen molar-refractivity contribution >= 4 is 0 Å². The Bertz CT molecular complexity index is 474. The van der Waals surface area contributed by atoms with Gasteiger partial charge in [-0.3, -0.25) is 0 Å². The molecule has 0 radical (unpaired) electrons. The van der Waals surface area contributed by atoms with Crippen LogP contribution in [0.4, 0.5) is 0 Å². The molecule has 0 saturated carbocycles. The van der Waals surface area contributed by atoms with Gasteiger partial charge in [0.15, 0.2) is 0 Å². The van der Waals surface area contributed by atoms with Crippen LogP contribution in [0.5, 0.6) is 5.75 Å². The fourth-order valence-corrected chi connectivity index (χ4v) is 3.60. The minimum Gasteiger partial charge on any atom is -0.497 e. The second-order valence-electron chi connectivity index (χ2n) is 6.08. The van der Waals surface area contributed by atoms with E-state index in [1.807, 2.05) is 12.1 Å². The Morgan fingerprint density at radius 2 is 2.26 bits per heavy atom. The van der Waals surface area contributed by atoms with Crippen molar-refractivity contribution in [3.63, 3.8) is 0 Å². The third kappa shape index (κ3) is 2.15. The summed E-state index contributed by atoms with van der Waals surface area (Å²) in [5, 5.41) is 14.7. The number of nitrogens with one attached hydrogen (secondary N) is 1. The molecular weight excluding hydrogens is 238 g/mol. The van der Waals surface area contributed by atoms with Crippen molar-refractivity contribution < 1.29 is 9.84 Å². The Morgan fingerprint density at radius 1 is 1.42 bits per heavy atom. The van der Waals surface area contributed by atoms with Crippen molar-refractivity contribution in [2.24, 2.45) is 5.92 Å². The molecule has 2 aliphatic rings. The Hall–Kier alpha value is -1.06. The molecule has 0 amide bonds. The maximum Gasteiger partial charge on any atom is 0.119 e. The minimum atomic E-state index is -0.724. The number of rotatable bonds is 2. The van der Waals surface area contributed by atoms with Gasteiger partial charge in [-0.2, -0.15) is 0 Å². The highest BCUT2D eigenvalue weighted by molar-refractivity contribution is 5.44. The molecule has 0 aromatic heterocycles. The normalized spacial score (nSPS) is 34.1. The van der Waals surface area contributed by atoms with Gasteiger partial charge in [-0.25, -0.2) is 0 Å². The van der Waals surface area contributed by atoms with E-state index in [0.29, 0.717) is 5.92 Å². The van der Waals surface area contributed by atoms with Crippen LogP contribution in [0.25, 0.3) is 0 Å². The summed E-state index contributed by atoms with van der Waals surface area (Å²) >= 11 is 0. The van der Waals surface area contributed by atoms with Crippen molar-refractivity contribution in [1.82, 2.24) is 5.32 Å². The average molecular weight is 261 g/mol. The van der Waals surface area contributed by atoms with Crippen LogP contribution in [0.1, 0.15) is 37.3 Å². The first-order valence-corrected chi connectivity index (χ1v) is 7.26. The fourth-order valence-electron chi connectivity index (χ4n) is 3.60. The largest absolute Gasteiger partial charge is 0.497 e. The van der Waals surface area contributed by atoms with Crippen molar-refractivity contribution in [1.29, 1.82) is 0 Å². The molecule has 1 aliphatic heterocycles. The molecule has 1 aromatic carbocycles. The molecule has 3 unspecified atom stereocenters. The standard InChI is InChI=1S/C16H23NO2/c1-11-6-8-17-15(9-11)16(18)7-5-12-3-4-13(19-2)10-14(12)16/h3-4,10-11,15,17-18H,5-9H2,1-2H3. The zero-order valence-electron chi connectivity index (χ0n) is 11.8. The Balaban J connectivity index is 1.94. The lowest BCUT2D eigenvalue weighted by Gasteiger charge is -2.39. The molecule has 1 fully saturated rings. The molecule has 0 bridgehead atoms. The zero-order chi connectivity index (χ0) is 13.5. The fraction of sp³-hybridized carbons (Fsp3) is 0.625. The monoisotopic (exact) mass is 261 g/mol. The van der Waals surface area contributed by atoms with Gasteiger partial charge >= 0.3 is 0 Å². The van der Waals surface area contributed by atoms with Crippen molar-refractivity contribution in [3.05, 3.63) is 29.3 Å². The molecule has 1 aromatic rings. The van der Waals surface area contributed by atoms with Crippen LogP contribution in [0, 0.1) is 5.92 Å². The van der Waals surface area contributed by atoms with Gasteiger partial charge in [-0.15, -0.1) is 0 Å². The molecular formula is C16H23NO2. The average Bonchev–Trinajstić information content (AvgIpc) is 2.77. The summed E-state index contributed by atoms with van der Waals surface area (Å²) in [4.78, 5) is 0. The predicted molar refractivity (Wildman–Crippen MR) is 75.4 cm³/mol. The van der Waals surface area contributed by atoms with Crippen LogP contribution < -0.4 is 10.1 Å². The summed E-state index contributed by atoms with van der Waals surface area (Å²) in [7, 11) is 1.68. The SMILES string of the molecule is COc1ccc2c(c1)C(O)(C1CC(C)CCN1)CC2. The van der Waals surface area contributed by atoms with E-state index in [1.165, 1.54) is 12.0 Å². The Kier molecular flexibility index (Phi) is 3.27. The third-order valence-corrected chi connectivity index (χ3v) is 4.80. The smallest absolute Gasteiger partial charge is 0.119 e. The number of ether oxygens (including phenoxy) is 1. The zero-order valence-corrected chi connectivity index (χ0v) is 11.8. The van der Waals surface area contributed by atoms with E-state index in [-0.39, 0.29) is 6.04 Å². The van der Waals surface area contributed by atoms with Crippen LogP contribution in [0.2, 0.25) is 0 Å². The molecule has 1 aliphatic carbocycles. The van der Waals surface area contributed by atoms with Crippen LogP contribution in [0.3, 0.4) is 0 Å². The lowest BCUT2D eigenvalue weighted by molar-refractivity contribution is -0.0170. The molecule has 3 nitrogen and oxygen atoms in total. The lowest BCUT2D eigenvalue weighted by atomic mass is 9.80. The van der Waals surface area contributed by atoms with Crippen LogP contribution in [-0.2, 0) is 12.0 Å². The second-order valence-corrected chi connectivity index (χ2v) is 6.08. The molecule has 3 atom stereocenters. The van der Waals surface area contributed by atoms with Crippen molar-refractivity contribution in [2.75, 3.05) is 13.7 Å². The lowest BCUT2D eigenvalue weighted by Crippen LogP contribution is -2.51. The van der Waals surface area contributed by atoms with Gasteiger partial charge in [0, 0.05) is 6.04 Å². The number of hydrogen-bond donors (Lipinski definition) is 2. The first-order chi connectivity index (χ1) is 9.13. The maximum atomic E-state index is 11.2. The predicted octanol–water partition coefficient (Wildman–Crippen LogP) is 2.22. The highest BCUT2D eigenvalue weighted by Crippen LogP contribution is 2.43. The van der Waals surface area contributed by atoms with E-state index < -0.39 is 5.60 Å². The summed E-state index contributed by atoms with van der Waals surface area (Å²) in [5.41, 5.74) is 1.61. The molecule has 1 saturated heterocycles. The van der Waals surface area contributed by atoms with Gasteiger partial charge in [0.2, 0.25) is 0 Å². The van der Waals surface area contributed by atoms with Gasteiger partial charge in [-0.1, -0.05) is 13.0 Å². The van der Waals surface area contributed by atoms with E-state index in [4.69, 9.17) is 4.74 Å². The number of methoxy groups -OCH3 is 1. The number of benzene rings is 1. The summed E-state index contributed by atoms with van der Waals surface area (Å²) in [6.07, 6.45) is 4.03. The van der Waals surface area contributed by atoms with E-state index in [0.717, 1.165) is 37.1 Å². The third-order valence-electron chi connectivity index (χ3n) is 4.80. The van der Waals surface area contributed by atoms with Crippen LogP contribution >= 0.6 is 0 Å². The first kappa shape index (κ1) is 12.9. The molecule has 3 heteroatoms.